The summed E-state index contributed by atoms with van der Waals surface area (Å²) < 4.78 is 5.65. The van der Waals surface area contributed by atoms with Gasteiger partial charge in [0.1, 0.15) is 0 Å². The van der Waals surface area contributed by atoms with Crippen molar-refractivity contribution < 1.29 is 4.63 Å². The fraction of sp³-hybridized carbons (Fsp3) is 0. The highest BCUT2D eigenvalue weighted by atomic mass is 79.9. The molecule has 0 amide bonds. The van der Waals surface area contributed by atoms with E-state index < -0.39 is 0 Å². The second kappa shape index (κ2) is 6.66. The van der Waals surface area contributed by atoms with Crippen molar-refractivity contribution in [2.45, 2.75) is 0 Å². The summed E-state index contributed by atoms with van der Waals surface area (Å²) in [7, 11) is 0. The highest BCUT2D eigenvalue weighted by Gasteiger charge is 2.13. The molecular weight excluding hydrogens is 408 g/mol. The number of benzene rings is 2. The maximum absolute atomic E-state index is 5.93. The fourth-order valence-corrected chi connectivity index (χ4v) is 2.71. The molecule has 0 spiro atoms. The van der Waals surface area contributed by atoms with Gasteiger partial charge in [0.25, 0.3) is 0 Å². The van der Waals surface area contributed by atoms with Crippen LogP contribution in [0.1, 0.15) is 0 Å². The highest BCUT2D eigenvalue weighted by molar-refractivity contribution is 9.10. The van der Waals surface area contributed by atoms with Gasteiger partial charge in [-0.3, -0.25) is 0 Å². The van der Waals surface area contributed by atoms with Gasteiger partial charge in [0.05, 0.1) is 0 Å². The van der Waals surface area contributed by atoms with Crippen LogP contribution in [0.25, 0.3) is 11.3 Å². The van der Waals surface area contributed by atoms with Gasteiger partial charge in [-0.15, -0.1) is 0 Å². The molecule has 0 aliphatic heterocycles. The quantitative estimate of drug-likeness (QED) is 0.487. The molecule has 7 nitrogen and oxygen atoms in total. The molecule has 2 aromatic carbocycles. The van der Waals surface area contributed by atoms with E-state index in [2.05, 4.69) is 46.8 Å². The van der Waals surface area contributed by atoms with E-state index >= 15 is 0 Å². The number of fused-ring (bicyclic) bond motifs is 1. The normalized spacial score (nSPS) is 10.8. The van der Waals surface area contributed by atoms with Crippen molar-refractivity contribution in [2.24, 2.45) is 0 Å². The predicted octanol–water partition coefficient (Wildman–Crippen LogP) is 4.92. The van der Waals surface area contributed by atoms with Crippen molar-refractivity contribution in [3.8, 4) is 0 Å². The number of nitrogens with one attached hydrogen (secondary N) is 2. The average Bonchev–Trinajstić information content (AvgIpc) is 3.04. The molecule has 2 heterocycles. The minimum absolute atomic E-state index is 0.316. The molecule has 4 rings (SSSR count). The Kier molecular flexibility index (Phi) is 4.21. The third-order valence-electron chi connectivity index (χ3n) is 3.31. The third-order valence-corrected chi connectivity index (χ3v) is 4.05. The summed E-state index contributed by atoms with van der Waals surface area (Å²) in [5.74, 6) is 0.988. The van der Waals surface area contributed by atoms with Gasteiger partial charge >= 0.3 is 0 Å². The topological polar surface area (TPSA) is 88.8 Å². The second-order valence-electron chi connectivity index (χ2n) is 5.10. The Morgan fingerprint density at radius 2 is 1.48 bits per heavy atom. The largest absolute Gasteiger partial charge is 0.337 e. The summed E-state index contributed by atoms with van der Waals surface area (Å²) in [5, 5.41) is 14.6. The first-order chi connectivity index (χ1) is 12.2. The molecule has 9 heteroatoms. The molecule has 0 aliphatic rings. The molecule has 2 N–H and O–H groups in total. The molecule has 124 valence electrons. The van der Waals surface area contributed by atoms with Crippen LogP contribution in [-0.4, -0.2) is 20.3 Å². The van der Waals surface area contributed by atoms with Crippen molar-refractivity contribution in [1.29, 1.82) is 0 Å². The standard InChI is InChI=1S/C16H10BrClN6O/c17-9-2-1-3-12(8-9)20-14-13(19-11-6-4-10(18)5-7-11)21-15-16(22-14)24-25-23-15/h1-8H,(H,19,21,23)(H,20,22,24). The van der Waals surface area contributed by atoms with Crippen molar-refractivity contribution >= 4 is 61.8 Å². The van der Waals surface area contributed by atoms with Gasteiger partial charge in [-0.25, -0.2) is 14.6 Å². The fourth-order valence-electron chi connectivity index (χ4n) is 2.19. The molecular formula is C16H10BrClN6O. The smallest absolute Gasteiger partial charge is 0.245 e. The lowest BCUT2D eigenvalue weighted by molar-refractivity contribution is 0.314. The summed E-state index contributed by atoms with van der Waals surface area (Å²) in [5.41, 5.74) is 2.29. The van der Waals surface area contributed by atoms with Gasteiger partial charge in [-0.2, -0.15) is 0 Å². The van der Waals surface area contributed by atoms with Crippen LogP contribution in [0.3, 0.4) is 0 Å². The molecule has 0 saturated carbocycles. The molecule has 0 aliphatic carbocycles. The van der Waals surface area contributed by atoms with E-state index in [0.717, 1.165) is 15.8 Å². The molecule has 0 atom stereocenters. The van der Waals surface area contributed by atoms with Crippen LogP contribution in [-0.2, 0) is 0 Å². The van der Waals surface area contributed by atoms with Crippen molar-refractivity contribution in [1.82, 2.24) is 20.3 Å². The summed E-state index contributed by atoms with van der Waals surface area (Å²) in [6.07, 6.45) is 0. The molecule has 2 aromatic heterocycles. The van der Waals surface area contributed by atoms with Crippen molar-refractivity contribution in [3.05, 3.63) is 58.0 Å². The van der Waals surface area contributed by atoms with Gasteiger partial charge in [-0.05, 0) is 52.8 Å². The molecule has 0 radical (unpaired) electrons. The lowest BCUT2D eigenvalue weighted by Gasteiger charge is -2.12. The number of nitrogens with zero attached hydrogens (tertiary/aromatic N) is 4. The molecule has 0 unspecified atom stereocenters. The first-order valence-electron chi connectivity index (χ1n) is 7.23. The highest BCUT2D eigenvalue weighted by Crippen LogP contribution is 2.28. The van der Waals surface area contributed by atoms with Gasteiger partial charge in [-0.1, -0.05) is 33.6 Å². The minimum Gasteiger partial charge on any atom is -0.337 e. The van der Waals surface area contributed by atoms with E-state index in [1.165, 1.54) is 0 Å². The lowest BCUT2D eigenvalue weighted by atomic mass is 10.3. The monoisotopic (exact) mass is 416 g/mol. The molecule has 0 saturated heterocycles. The lowest BCUT2D eigenvalue weighted by Crippen LogP contribution is -2.03. The van der Waals surface area contributed by atoms with Gasteiger partial charge in [0.15, 0.2) is 11.6 Å². The maximum Gasteiger partial charge on any atom is 0.245 e. The van der Waals surface area contributed by atoms with Gasteiger partial charge < -0.3 is 10.6 Å². The average molecular weight is 418 g/mol. The molecule has 0 fully saturated rings. The molecule has 4 aromatic rings. The summed E-state index contributed by atoms with van der Waals surface area (Å²) in [6, 6.07) is 15.0. The summed E-state index contributed by atoms with van der Waals surface area (Å²) in [4.78, 5) is 8.85. The second-order valence-corrected chi connectivity index (χ2v) is 6.45. The number of hydrogen-bond donors (Lipinski definition) is 2. The van der Waals surface area contributed by atoms with E-state index in [1.807, 2.05) is 36.4 Å². The van der Waals surface area contributed by atoms with Crippen LogP contribution in [0.5, 0.6) is 0 Å². The van der Waals surface area contributed by atoms with Crippen LogP contribution in [0.15, 0.2) is 57.6 Å². The number of rotatable bonds is 4. The van der Waals surface area contributed by atoms with E-state index in [-0.39, 0.29) is 0 Å². The first-order valence-corrected chi connectivity index (χ1v) is 8.40. The number of hydrogen-bond acceptors (Lipinski definition) is 7. The Labute approximate surface area is 155 Å². The summed E-state index contributed by atoms with van der Waals surface area (Å²) in [6.45, 7) is 0. The van der Waals surface area contributed by atoms with E-state index in [9.17, 15) is 0 Å². The zero-order valence-electron chi connectivity index (χ0n) is 12.6. The Morgan fingerprint density at radius 1 is 0.840 bits per heavy atom. The zero-order valence-corrected chi connectivity index (χ0v) is 14.9. The van der Waals surface area contributed by atoms with Gasteiger partial charge in [0, 0.05) is 20.9 Å². The Hall–Kier alpha value is -2.71. The zero-order chi connectivity index (χ0) is 17.2. The van der Waals surface area contributed by atoms with E-state index in [0.29, 0.717) is 28.0 Å². The molecule has 0 bridgehead atoms. The van der Waals surface area contributed by atoms with Crippen LogP contribution in [0.4, 0.5) is 23.0 Å². The maximum atomic E-state index is 5.93. The number of aromatic nitrogens is 4. The van der Waals surface area contributed by atoms with Crippen molar-refractivity contribution in [3.63, 3.8) is 0 Å². The van der Waals surface area contributed by atoms with Crippen molar-refractivity contribution in [2.75, 3.05) is 10.6 Å². The van der Waals surface area contributed by atoms with Crippen LogP contribution in [0.2, 0.25) is 5.02 Å². The Bertz CT molecular complexity index is 1040. The van der Waals surface area contributed by atoms with E-state index in [4.69, 9.17) is 16.2 Å². The van der Waals surface area contributed by atoms with Crippen LogP contribution in [0, 0.1) is 0 Å². The third kappa shape index (κ3) is 3.54. The van der Waals surface area contributed by atoms with E-state index in [1.54, 1.807) is 12.1 Å². The first kappa shape index (κ1) is 15.8. The number of anilines is 4. The Balaban J connectivity index is 1.74. The summed E-state index contributed by atoms with van der Waals surface area (Å²) >= 11 is 9.37. The van der Waals surface area contributed by atoms with Crippen LogP contribution < -0.4 is 10.6 Å². The van der Waals surface area contributed by atoms with Gasteiger partial charge in [0.2, 0.25) is 11.3 Å². The minimum atomic E-state index is 0.316. The molecule has 25 heavy (non-hydrogen) atoms. The predicted molar refractivity (Wildman–Crippen MR) is 99.6 cm³/mol. The Morgan fingerprint density at radius 3 is 2.12 bits per heavy atom. The number of halogens is 2. The van der Waals surface area contributed by atoms with Crippen LogP contribution >= 0.6 is 27.5 Å². The SMILES string of the molecule is Clc1ccc(Nc2nc3nonc3nc2Nc2cccc(Br)c2)cc1.